The molecule has 110 valence electrons. The van der Waals surface area contributed by atoms with Gasteiger partial charge in [0.2, 0.25) is 0 Å². The van der Waals surface area contributed by atoms with E-state index in [1.165, 1.54) is 0 Å². The topological polar surface area (TPSA) is 46.6 Å². The second kappa shape index (κ2) is 5.45. The summed E-state index contributed by atoms with van der Waals surface area (Å²) < 4.78 is 5.85. The molecule has 0 N–H and O–H groups in total. The van der Waals surface area contributed by atoms with Crippen LogP contribution in [0.15, 0.2) is 42.5 Å². The molecule has 1 aliphatic carbocycles. The van der Waals surface area contributed by atoms with Gasteiger partial charge >= 0.3 is 5.97 Å². The first-order valence-electron chi connectivity index (χ1n) is 7.39. The average molecular weight is 285 g/mol. The number of benzene rings is 1. The predicted molar refractivity (Wildman–Crippen MR) is 79.0 cm³/mol. The SMILES string of the molecule is CCN1CC[C@]2(OC(=O)c3ccccc3)C=CC(=O)C[C@H]12. The molecule has 4 heteroatoms. The number of likely N-dealkylation sites (N-methyl/N-ethyl adjacent to an activating group) is 1. The number of hydrogen-bond acceptors (Lipinski definition) is 4. The van der Waals surface area contributed by atoms with E-state index in [1.807, 2.05) is 18.2 Å². The summed E-state index contributed by atoms with van der Waals surface area (Å²) >= 11 is 0. The number of carbonyl (C=O) groups is 2. The molecule has 0 amide bonds. The number of ether oxygens (including phenoxy) is 1. The second-order valence-corrected chi connectivity index (χ2v) is 5.61. The van der Waals surface area contributed by atoms with Crippen molar-refractivity contribution in [1.82, 2.24) is 4.90 Å². The third kappa shape index (κ3) is 2.51. The minimum absolute atomic E-state index is 0.0346. The number of ketones is 1. The Kier molecular flexibility index (Phi) is 3.64. The van der Waals surface area contributed by atoms with Crippen molar-refractivity contribution in [3.05, 3.63) is 48.0 Å². The number of fused-ring (bicyclic) bond motifs is 1. The van der Waals surface area contributed by atoms with Crippen molar-refractivity contribution in [3.8, 4) is 0 Å². The van der Waals surface area contributed by atoms with Gasteiger partial charge in [-0.2, -0.15) is 0 Å². The molecule has 1 aromatic rings. The van der Waals surface area contributed by atoms with Crippen LogP contribution < -0.4 is 0 Å². The molecule has 0 unspecified atom stereocenters. The molecule has 2 aliphatic rings. The molecule has 0 bridgehead atoms. The molecule has 1 fully saturated rings. The third-order valence-corrected chi connectivity index (χ3v) is 4.44. The van der Waals surface area contributed by atoms with Gasteiger partial charge in [-0.25, -0.2) is 4.79 Å². The Morgan fingerprint density at radius 3 is 2.86 bits per heavy atom. The maximum Gasteiger partial charge on any atom is 0.339 e. The van der Waals surface area contributed by atoms with Crippen LogP contribution in [0, 0.1) is 0 Å². The van der Waals surface area contributed by atoms with Crippen molar-refractivity contribution in [2.75, 3.05) is 13.1 Å². The Hall–Kier alpha value is -1.94. The van der Waals surface area contributed by atoms with Crippen molar-refractivity contribution in [2.45, 2.75) is 31.4 Å². The maximum absolute atomic E-state index is 12.4. The van der Waals surface area contributed by atoms with Crippen molar-refractivity contribution in [1.29, 1.82) is 0 Å². The fourth-order valence-electron chi connectivity index (χ4n) is 3.28. The Morgan fingerprint density at radius 2 is 2.14 bits per heavy atom. The molecule has 1 heterocycles. The number of rotatable bonds is 3. The summed E-state index contributed by atoms with van der Waals surface area (Å²) in [5.74, 6) is -0.218. The molecule has 1 saturated heterocycles. The number of likely N-dealkylation sites (tertiary alicyclic amines) is 1. The highest BCUT2D eigenvalue weighted by Crippen LogP contribution is 2.38. The second-order valence-electron chi connectivity index (χ2n) is 5.61. The van der Waals surface area contributed by atoms with Gasteiger partial charge in [-0.05, 0) is 30.8 Å². The van der Waals surface area contributed by atoms with E-state index < -0.39 is 5.60 Å². The summed E-state index contributed by atoms with van der Waals surface area (Å²) in [6.45, 7) is 3.77. The number of carbonyl (C=O) groups excluding carboxylic acids is 2. The molecule has 0 saturated carbocycles. The molecule has 4 nitrogen and oxygen atoms in total. The molecule has 2 atom stereocenters. The highest BCUT2D eigenvalue weighted by atomic mass is 16.6. The van der Waals surface area contributed by atoms with Crippen molar-refractivity contribution in [3.63, 3.8) is 0 Å². The van der Waals surface area contributed by atoms with E-state index in [0.29, 0.717) is 12.0 Å². The van der Waals surface area contributed by atoms with Crippen LogP contribution in [0.4, 0.5) is 0 Å². The third-order valence-electron chi connectivity index (χ3n) is 4.44. The number of hydrogen-bond donors (Lipinski definition) is 0. The first-order valence-corrected chi connectivity index (χ1v) is 7.39. The van der Waals surface area contributed by atoms with Gasteiger partial charge in [-0.15, -0.1) is 0 Å². The normalized spacial score (nSPS) is 28.4. The molecule has 0 radical (unpaired) electrons. The van der Waals surface area contributed by atoms with Crippen LogP contribution in [0.1, 0.15) is 30.1 Å². The van der Waals surface area contributed by atoms with Crippen LogP contribution in [-0.2, 0) is 9.53 Å². The van der Waals surface area contributed by atoms with Gasteiger partial charge in [-0.1, -0.05) is 25.1 Å². The van der Waals surface area contributed by atoms with E-state index in [0.717, 1.165) is 19.5 Å². The van der Waals surface area contributed by atoms with E-state index in [9.17, 15) is 9.59 Å². The standard InChI is InChI=1S/C17H19NO3/c1-2-18-11-10-17(9-8-14(19)12-15(17)18)21-16(20)13-6-4-3-5-7-13/h3-9,15H,2,10-12H2,1H3/t15-,17+/m0/s1. The molecule has 1 aromatic carbocycles. The largest absolute Gasteiger partial charge is 0.449 e. The highest BCUT2D eigenvalue weighted by Gasteiger charge is 2.50. The lowest BCUT2D eigenvalue weighted by Gasteiger charge is -2.37. The highest BCUT2D eigenvalue weighted by molar-refractivity contribution is 5.93. The molecule has 21 heavy (non-hydrogen) atoms. The van der Waals surface area contributed by atoms with Crippen LogP contribution in [-0.4, -0.2) is 41.4 Å². The number of esters is 1. The number of nitrogens with zero attached hydrogens (tertiary/aromatic N) is 1. The summed E-state index contributed by atoms with van der Waals surface area (Å²) in [5.41, 5.74) is -0.109. The smallest absolute Gasteiger partial charge is 0.339 e. The van der Waals surface area contributed by atoms with E-state index in [1.54, 1.807) is 24.3 Å². The fraction of sp³-hybridized carbons (Fsp3) is 0.412. The average Bonchev–Trinajstić information content (AvgIpc) is 2.86. The summed E-state index contributed by atoms with van der Waals surface area (Å²) in [7, 11) is 0. The van der Waals surface area contributed by atoms with Gasteiger partial charge in [0.15, 0.2) is 5.78 Å². The Bertz CT molecular complexity index is 581. The molecule has 3 rings (SSSR count). The zero-order valence-electron chi connectivity index (χ0n) is 12.1. The minimum atomic E-state index is -0.656. The van der Waals surface area contributed by atoms with Crippen LogP contribution in [0.25, 0.3) is 0 Å². The van der Waals surface area contributed by atoms with Gasteiger partial charge in [-0.3, -0.25) is 9.69 Å². The van der Waals surface area contributed by atoms with Gasteiger partial charge in [0.25, 0.3) is 0 Å². The molecular weight excluding hydrogens is 266 g/mol. The Morgan fingerprint density at radius 1 is 1.38 bits per heavy atom. The minimum Gasteiger partial charge on any atom is -0.449 e. The predicted octanol–water partition coefficient (Wildman–Crippen LogP) is 2.21. The summed E-state index contributed by atoms with van der Waals surface area (Å²) in [6.07, 6.45) is 4.52. The van der Waals surface area contributed by atoms with Crippen LogP contribution in [0.5, 0.6) is 0 Å². The first kappa shape index (κ1) is 14.0. The molecule has 0 aromatic heterocycles. The van der Waals surface area contributed by atoms with E-state index in [2.05, 4.69) is 11.8 Å². The maximum atomic E-state index is 12.4. The number of allylic oxidation sites excluding steroid dienone is 1. The van der Waals surface area contributed by atoms with Crippen molar-refractivity contribution >= 4 is 11.8 Å². The van der Waals surface area contributed by atoms with Crippen LogP contribution in [0.2, 0.25) is 0 Å². The summed E-state index contributed by atoms with van der Waals surface area (Å²) in [5, 5.41) is 0. The Labute approximate surface area is 124 Å². The lowest BCUT2D eigenvalue weighted by Crippen LogP contribution is -2.49. The molecule has 0 spiro atoms. The van der Waals surface area contributed by atoms with Gasteiger partial charge in [0.1, 0.15) is 5.60 Å². The van der Waals surface area contributed by atoms with Crippen molar-refractivity contribution in [2.24, 2.45) is 0 Å². The van der Waals surface area contributed by atoms with Crippen LogP contribution in [0.3, 0.4) is 0 Å². The summed E-state index contributed by atoms with van der Waals surface area (Å²) in [6, 6.07) is 8.97. The zero-order valence-corrected chi connectivity index (χ0v) is 12.1. The molecule has 1 aliphatic heterocycles. The fourth-order valence-corrected chi connectivity index (χ4v) is 3.28. The monoisotopic (exact) mass is 285 g/mol. The summed E-state index contributed by atoms with van der Waals surface area (Å²) in [4.78, 5) is 26.3. The zero-order chi connectivity index (χ0) is 14.9. The lowest BCUT2D eigenvalue weighted by atomic mass is 9.85. The quantitative estimate of drug-likeness (QED) is 0.799. The Balaban J connectivity index is 1.86. The first-order chi connectivity index (χ1) is 10.1. The van der Waals surface area contributed by atoms with E-state index in [-0.39, 0.29) is 17.8 Å². The van der Waals surface area contributed by atoms with Gasteiger partial charge in [0.05, 0.1) is 11.6 Å². The van der Waals surface area contributed by atoms with Gasteiger partial charge in [0, 0.05) is 19.4 Å². The van der Waals surface area contributed by atoms with E-state index in [4.69, 9.17) is 4.74 Å². The van der Waals surface area contributed by atoms with Crippen LogP contribution >= 0.6 is 0 Å². The van der Waals surface area contributed by atoms with Crippen molar-refractivity contribution < 1.29 is 14.3 Å². The van der Waals surface area contributed by atoms with Gasteiger partial charge < -0.3 is 4.74 Å². The van der Waals surface area contributed by atoms with E-state index >= 15 is 0 Å². The lowest BCUT2D eigenvalue weighted by molar-refractivity contribution is -0.118. The molecular formula is C17H19NO3.